The molecule has 0 spiro atoms. The maximum absolute atomic E-state index is 13.2. The molecule has 9 heteroatoms. The predicted molar refractivity (Wildman–Crippen MR) is 143 cm³/mol. The average Bonchev–Trinajstić information content (AvgIpc) is 2.84. The lowest BCUT2D eigenvalue weighted by Gasteiger charge is -2.26. The number of urea groups is 1. The highest BCUT2D eigenvalue weighted by molar-refractivity contribution is 6.39. The van der Waals surface area contributed by atoms with E-state index >= 15 is 0 Å². The maximum Gasteiger partial charge on any atom is 0.335 e. The van der Waals surface area contributed by atoms with E-state index in [1.807, 2.05) is 39.0 Å². The first-order valence-electron chi connectivity index (χ1n) is 11.5. The summed E-state index contributed by atoms with van der Waals surface area (Å²) in [6.45, 7) is 6.51. The summed E-state index contributed by atoms with van der Waals surface area (Å²) in [6.07, 6.45) is 1.36. The van der Waals surface area contributed by atoms with E-state index in [0.29, 0.717) is 28.7 Å². The molecule has 1 saturated heterocycles. The normalized spacial score (nSPS) is 14.7. The number of hydrogen-bond donors (Lipinski definition) is 1. The van der Waals surface area contributed by atoms with E-state index in [0.717, 1.165) is 16.0 Å². The minimum absolute atomic E-state index is 0.239. The van der Waals surface area contributed by atoms with Gasteiger partial charge in [0.15, 0.2) is 11.5 Å². The highest BCUT2D eigenvalue weighted by Gasteiger charge is 2.36. The second-order valence-electron chi connectivity index (χ2n) is 8.40. The zero-order valence-corrected chi connectivity index (χ0v) is 21.9. The van der Waals surface area contributed by atoms with Crippen LogP contribution in [-0.4, -0.2) is 24.5 Å². The lowest BCUT2D eigenvalue weighted by molar-refractivity contribution is -0.122. The van der Waals surface area contributed by atoms with Crippen LogP contribution >= 0.6 is 23.2 Å². The van der Waals surface area contributed by atoms with Gasteiger partial charge in [0.25, 0.3) is 11.8 Å². The van der Waals surface area contributed by atoms with E-state index in [9.17, 15) is 14.4 Å². The van der Waals surface area contributed by atoms with Gasteiger partial charge in [0, 0.05) is 5.02 Å². The molecule has 3 aromatic carbocycles. The van der Waals surface area contributed by atoms with Gasteiger partial charge >= 0.3 is 6.03 Å². The molecular formula is C28H24Cl2N2O5. The fraction of sp³-hybridized carbons (Fsp3) is 0.179. The van der Waals surface area contributed by atoms with Crippen LogP contribution in [0.5, 0.6) is 11.5 Å². The highest BCUT2D eigenvalue weighted by Crippen LogP contribution is 2.38. The Kier molecular flexibility index (Phi) is 7.86. The Morgan fingerprint density at radius 2 is 1.65 bits per heavy atom. The first-order valence-corrected chi connectivity index (χ1v) is 12.3. The molecule has 1 N–H and O–H groups in total. The zero-order chi connectivity index (χ0) is 26.7. The van der Waals surface area contributed by atoms with E-state index in [1.54, 1.807) is 24.3 Å². The number of anilines is 1. The molecule has 190 valence electrons. The Labute approximate surface area is 224 Å². The van der Waals surface area contributed by atoms with Crippen LogP contribution in [0.1, 0.15) is 29.2 Å². The Morgan fingerprint density at radius 1 is 0.919 bits per heavy atom. The van der Waals surface area contributed by atoms with Gasteiger partial charge in [-0.05, 0) is 85.5 Å². The number of barbiturate groups is 1. The second-order valence-corrected chi connectivity index (χ2v) is 9.25. The van der Waals surface area contributed by atoms with Crippen molar-refractivity contribution in [2.75, 3.05) is 11.5 Å². The summed E-state index contributed by atoms with van der Waals surface area (Å²) >= 11 is 12.5. The van der Waals surface area contributed by atoms with E-state index in [-0.39, 0.29) is 22.9 Å². The molecule has 0 aromatic heterocycles. The molecule has 7 nitrogen and oxygen atoms in total. The molecule has 3 aromatic rings. The van der Waals surface area contributed by atoms with Crippen LogP contribution in [0.2, 0.25) is 10.0 Å². The van der Waals surface area contributed by atoms with Crippen molar-refractivity contribution in [2.45, 2.75) is 27.4 Å². The number of aryl methyl sites for hydroxylation is 2. The van der Waals surface area contributed by atoms with Crippen molar-refractivity contribution in [1.82, 2.24) is 5.32 Å². The number of nitrogens with one attached hydrogen (secondary N) is 1. The van der Waals surface area contributed by atoms with Crippen molar-refractivity contribution in [3.63, 3.8) is 0 Å². The van der Waals surface area contributed by atoms with E-state index in [2.05, 4.69) is 5.32 Å². The minimum atomic E-state index is -0.849. The molecule has 1 aliphatic heterocycles. The van der Waals surface area contributed by atoms with Gasteiger partial charge in [-0.25, -0.2) is 9.69 Å². The largest absolute Gasteiger partial charge is 0.490 e. The fourth-order valence-electron chi connectivity index (χ4n) is 3.77. The second kappa shape index (κ2) is 11.1. The van der Waals surface area contributed by atoms with Gasteiger partial charge in [-0.1, -0.05) is 41.4 Å². The number of amides is 4. The van der Waals surface area contributed by atoms with E-state index in [4.69, 9.17) is 32.7 Å². The number of nitrogens with zero attached hydrogens (tertiary/aromatic N) is 1. The van der Waals surface area contributed by atoms with E-state index in [1.165, 1.54) is 23.8 Å². The van der Waals surface area contributed by atoms with Crippen molar-refractivity contribution in [3.05, 3.63) is 92.5 Å². The molecule has 1 heterocycles. The molecule has 0 bridgehead atoms. The minimum Gasteiger partial charge on any atom is -0.490 e. The quantitative estimate of drug-likeness (QED) is 0.283. The van der Waals surface area contributed by atoms with Crippen molar-refractivity contribution in [2.24, 2.45) is 0 Å². The number of carbonyl (C=O) groups is 3. The molecule has 4 amide bonds. The maximum atomic E-state index is 13.2. The van der Waals surface area contributed by atoms with Crippen molar-refractivity contribution < 1.29 is 23.9 Å². The number of ether oxygens (including phenoxy) is 2. The van der Waals surface area contributed by atoms with Crippen LogP contribution in [0.25, 0.3) is 6.08 Å². The Hall–Kier alpha value is -3.81. The van der Waals surface area contributed by atoms with Gasteiger partial charge < -0.3 is 9.47 Å². The van der Waals surface area contributed by atoms with Crippen molar-refractivity contribution >= 4 is 52.8 Å². The van der Waals surface area contributed by atoms with Crippen LogP contribution in [0.4, 0.5) is 10.5 Å². The summed E-state index contributed by atoms with van der Waals surface area (Å²) in [5.41, 5.74) is 3.78. The summed E-state index contributed by atoms with van der Waals surface area (Å²) in [4.78, 5) is 39.0. The summed E-state index contributed by atoms with van der Waals surface area (Å²) < 4.78 is 11.7. The van der Waals surface area contributed by atoms with Crippen LogP contribution < -0.4 is 19.7 Å². The molecule has 0 radical (unpaired) electrons. The summed E-state index contributed by atoms with van der Waals surface area (Å²) in [5.74, 6) is -0.883. The Morgan fingerprint density at radius 3 is 2.32 bits per heavy atom. The monoisotopic (exact) mass is 538 g/mol. The van der Waals surface area contributed by atoms with Gasteiger partial charge in [0.2, 0.25) is 0 Å². The SMILES string of the molecule is CCOc1cc(/C=C2\C(=O)NC(=O)N(c3ccc(Cl)cc3)C2=O)cc(Cl)c1OCc1ccc(C)c(C)c1. The third-order valence-electron chi connectivity index (χ3n) is 5.78. The zero-order valence-electron chi connectivity index (χ0n) is 20.4. The summed E-state index contributed by atoms with van der Waals surface area (Å²) in [5, 5.41) is 2.88. The number of benzene rings is 3. The number of carbonyl (C=O) groups excluding carboxylic acids is 3. The molecule has 1 aliphatic rings. The standard InChI is InChI=1S/C28H24Cl2N2O5/c1-4-36-24-14-19(13-23(30)25(24)37-15-18-6-5-16(2)17(3)11-18)12-22-26(33)31-28(35)32(27(22)34)21-9-7-20(29)8-10-21/h5-14H,4,15H2,1-3H3,(H,31,33,35)/b22-12+. The number of halogens is 2. The summed E-state index contributed by atoms with van der Waals surface area (Å²) in [6, 6.07) is 14.5. The molecule has 0 unspecified atom stereocenters. The topological polar surface area (TPSA) is 84.9 Å². The molecule has 0 aliphatic carbocycles. The molecule has 37 heavy (non-hydrogen) atoms. The Bertz CT molecular complexity index is 1420. The molecular weight excluding hydrogens is 515 g/mol. The number of rotatable bonds is 7. The van der Waals surface area contributed by atoms with E-state index < -0.39 is 17.8 Å². The lowest BCUT2D eigenvalue weighted by Crippen LogP contribution is -2.54. The van der Waals surface area contributed by atoms with Gasteiger partial charge in [0.05, 0.1) is 17.3 Å². The first-order chi connectivity index (χ1) is 17.7. The van der Waals surface area contributed by atoms with Crippen LogP contribution in [0.3, 0.4) is 0 Å². The van der Waals surface area contributed by atoms with Crippen molar-refractivity contribution in [1.29, 1.82) is 0 Å². The molecule has 0 atom stereocenters. The van der Waals surface area contributed by atoms with Gasteiger partial charge in [-0.2, -0.15) is 0 Å². The smallest absolute Gasteiger partial charge is 0.335 e. The fourth-order valence-corrected chi connectivity index (χ4v) is 4.17. The molecule has 1 fully saturated rings. The highest BCUT2D eigenvalue weighted by atomic mass is 35.5. The lowest BCUT2D eigenvalue weighted by atomic mass is 10.1. The van der Waals surface area contributed by atoms with Gasteiger partial charge in [0.1, 0.15) is 12.2 Å². The van der Waals surface area contributed by atoms with Crippen LogP contribution in [-0.2, 0) is 16.2 Å². The Balaban J connectivity index is 1.65. The van der Waals surface area contributed by atoms with Gasteiger partial charge in [-0.3, -0.25) is 14.9 Å². The molecule has 0 saturated carbocycles. The number of imide groups is 2. The van der Waals surface area contributed by atoms with Crippen LogP contribution in [0.15, 0.2) is 60.2 Å². The van der Waals surface area contributed by atoms with Crippen molar-refractivity contribution in [3.8, 4) is 11.5 Å². The predicted octanol–water partition coefficient (Wildman–Crippen LogP) is 6.25. The summed E-state index contributed by atoms with van der Waals surface area (Å²) in [7, 11) is 0. The number of hydrogen-bond acceptors (Lipinski definition) is 5. The third kappa shape index (κ3) is 5.79. The van der Waals surface area contributed by atoms with Crippen LogP contribution in [0, 0.1) is 13.8 Å². The average molecular weight is 539 g/mol. The first kappa shape index (κ1) is 26.3. The third-order valence-corrected chi connectivity index (χ3v) is 6.32. The van der Waals surface area contributed by atoms with Gasteiger partial charge in [-0.15, -0.1) is 0 Å². The molecule has 4 rings (SSSR count).